The number of rotatable bonds is 3. The predicted octanol–water partition coefficient (Wildman–Crippen LogP) is 1.86. The molecular formula is C15H26N2O2. The molecule has 2 aliphatic rings. The fraction of sp³-hybridized carbons (Fsp3) is 0.867. The Labute approximate surface area is 115 Å². The van der Waals surface area contributed by atoms with Crippen LogP contribution in [0, 0.1) is 5.92 Å². The molecule has 0 spiro atoms. The number of primary amides is 1. The average Bonchev–Trinajstić information content (AvgIpc) is 2.51. The smallest absolute Gasteiger partial charge is 0.242 e. The standard InChI is InChI=1S/C15H26N2O2/c1-11-6-5-9-13(18)14(15(16)19)17(11)10-12-7-3-2-4-8-12/h11-12,14H,2-10H2,1H3,(H2,16,19)/t11-,14?/m1/s1. The van der Waals surface area contributed by atoms with Gasteiger partial charge in [-0.1, -0.05) is 19.3 Å². The van der Waals surface area contributed by atoms with Gasteiger partial charge < -0.3 is 5.73 Å². The van der Waals surface area contributed by atoms with E-state index in [1.165, 1.54) is 32.1 Å². The van der Waals surface area contributed by atoms with Crippen LogP contribution in [-0.4, -0.2) is 35.2 Å². The van der Waals surface area contributed by atoms with Crippen molar-refractivity contribution in [3.05, 3.63) is 0 Å². The molecule has 1 saturated heterocycles. The quantitative estimate of drug-likeness (QED) is 0.793. The van der Waals surface area contributed by atoms with E-state index < -0.39 is 11.9 Å². The molecule has 2 rings (SSSR count). The lowest BCUT2D eigenvalue weighted by Gasteiger charge is -2.36. The normalized spacial score (nSPS) is 31.1. The van der Waals surface area contributed by atoms with Crippen LogP contribution in [0.5, 0.6) is 0 Å². The van der Waals surface area contributed by atoms with Crippen LogP contribution in [0.15, 0.2) is 0 Å². The Hall–Kier alpha value is -0.900. The van der Waals surface area contributed by atoms with Gasteiger partial charge in [0.1, 0.15) is 6.04 Å². The number of carbonyl (C=O) groups excluding carboxylic acids is 2. The Morgan fingerprint density at radius 3 is 2.53 bits per heavy atom. The average molecular weight is 266 g/mol. The number of Topliss-reactive ketones (excluding diaryl/α,β-unsaturated/α-hetero) is 1. The van der Waals surface area contributed by atoms with Gasteiger partial charge in [0.25, 0.3) is 0 Å². The molecule has 0 radical (unpaired) electrons. The predicted molar refractivity (Wildman–Crippen MR) is 74.6 cm³/mol. The Bertz CT molecular complexity index is 337. The number of carbonyl (C=O) groups is 2. The van der Waals surface area contributed by atoms with Crippen LogP contribution in [0.4, 0.5) is 0 Å². The summed E-state index contributed by atoms with van der Waals surface area (Å²) >= 11 is 0. The van der Waals surface area contributed by atoms with Gasteiger partial charge in [0, 0.05) is 19.0 Å². The molecule has 4 heteroatoms. The molecule has 108 valence electrons. The number of hydrogen-bond donors (Lipinski definition) is 1. The molecular weight excluding hydrogens is 240 g/mol. The maximum Gasteiger partial charge on any atom is 0.242 e. The number of nitrogens with two attached hydrogens (primary N) is 1. The summed E-state index contributed by atoms with van der Waals surface area (Å²) in [5, 5.41) is 0. The third-order valence-electron chi connectivity index (χ3n) is 4.71. The van der Waals surface area contributed by atoms with Crippen molar-refractivity contribution < 1.29 is 9.59 Å². The summed E-state index contributed by atoms with van der Waals surface area (Å²) in [5.41, 5.74) is 5.48. The molecule has 2 fully saturated rings. The fourth-order valence-electron chi connectivity index (χ4n) is 3.59. The fourth-order valence-corrected chi connectivity index (χ4v) is 3.59. The summed E-state index contributed by atoms with van der Waals surface area (Å²) in [6, 6.07) is -0.398. The van der Waals surface area contributed by atoms with E-state index in [9.17, 15) is 9.59 Å². The van der Waals surface area contributed by atoms with E-state index in [0.29, 0.717) is 12.3 Å². The minimum absolute atomic E-state index is 0.0210. The van der Waals surface area contributed by atoms with Crippen LogP contribution in [0.1, 0.15) is 58.3 Å². The number of nitrogens with zero attached hydrogens (tertiary/aromatic N) is 1. The lowest BCUT2D eigenvalue weighted by Crippen LogP contribution is -2.53. The highest BCUT2D eigenvalue weighted by Gasteiger charge is 2.37. The Morgan fingerprint density at radius 1 is 1.21 bits per heavy atom. The second-order valence-corrected chi connectivity index (χ2v) is 6.21. The van der Waals surface area contributed by atoms with Gasteiger partial charge in [0.05, 0.1) is 0 Å². The zero-order valence-electron chi connectivity index (χ0n) is 11.9. The van der Waals surface area contributed by atoms with Crippen LogP contribution >= 0.6 is 0 Å². The second-order valence-electron chi connectivity index (χ2n) is 6.21. The van der Waals surface area contributed by atoms with Crippen LogP contribution in [0.3, 0.4) is 0 Å². The Balaban J connectivity index is 2.10. The first-order valence-electron chi connectivity index (χ1n) is 7.67. The number of ketones is 1. The number of amides is 1. The molecule has 4 nitrogen and oxygen atoms in total. The molecule has 1 saturated carbocycles. The lowest BCUT2D eigenvalue weighted by molar-refractivity contribution is -0.134. The summed E-state index contributed by atoms with van der Waals surface area (Å²) in [7, 11) is 0. The molecule has 1 amide bonds. The maximum atomic E-state index is 12.1. The zero-order chi connectivity index (χ0) is 13.8. The van der Waals surface area contributed by atoms with Crippen molar-refractivity contribution in [3.8, 4) is 0 Å². The van der Waals surface area contributed by atoms with Gasteiger partial charge in [-0.2, -0.15) is 0 Å². The monoisotopic (exact) mass is 266 g/mol. The molecule has 2 atom stereocenters. The van der Waals surface area contributed by atoms with E-state index in [2.05, 4.69) is 11.8 Å². The van der Waals surface area contributed by atoms with Gasteiger partial charge in [0.2, 0.25) is 5.91 Å². The largest absolute Gasteiger partial charge is 0.368 e. The summed E-state index contributed by atoms with van der Waals surface area (Å²) in [4.78, 5) is 25.9. The van der Waals surface area contributed by atoms with E-state index in [0.717, 1.165) is 19.4 Å². The van der Waals surface area contributed by atoms with E-state index in [4.69, 9.17) is 5.73 Å². The molecule has 0 aromatic rings. The highest BCUT2D eigenvalue weighted by atomic mass is 16.2. The van der Waals surface area contributed by atoms with Gasteiger partial charge in [0.15, 0.2) is 5.78 Å². The summed E-state index contributed by atoms with van der Waals surface area (Å²) in [6.45, 7) is 2.98. The third kappa shape index (κ3) is 3.56. The second kappa shape index (κ2) is 6.51. The van der Waals surface area contributed by atoms with E-state index in [1.807, 2.05) is 0 Å². The van der Waals surface area contributed by atoms with Gasteiger partial charge in [-0.3, -0.25) is 14.5 Å². The Morgan fingerprint density at radius 2 is 1.89 bits per heavy atom. The van der Waals surface area contributed by atoms with Gasteiger partial charge >= 0.3 is 0 Å². The zero-order valence-corrected chi connectivity index (χ0v) is 11.9. The van der Waals surface area contributed by atoms with Crippen molar-refractivity contribution in [2.45, 2.75) is 70.4 Å². The first-order valence-corrected chi connectivity index (χ1v) is 7.67. The topological polar surface area (TPSA) is 63.4 Å². The molecule has 19 heavy (non-hydrogen) atoms. The maximum absolute atomic E-state index is 12.1. The Kier molecular flexibility index (Phi) is 4.97. The number of likely N-dealkylation sites (tertiary alicyclic amines) is 1. The number of hydrogen-bond acceptors (Lipinski definition) is 3. The molecule has 2 N–H and O–H groups in total. The summed E-state index contributed by atoms with van der Waals surface area (Å²) in [6.07, 6.45) is 8.70. The van der Waals surface area contributed by atoms with Crippen molar-refractivity contribution in [3.63, 3.8) is 0 Å². The molecule has 1 aliphatic carbocycles. The SMILES string of the molecule is C[C@@H]1CCCC(=O)C(C(N)=O)N1CC1CCCCC1. The molecule has 1 unspecified atom stereocenters. The van der Waals surface area contributed by atoms with E-state index >= 15 is 0 Å². The van der Waals surface area contributed by atoms with Crippen molar-refractivity contribution >= 4 is 11.7 Å². The van der Waals surface area contributed by atoms with Crippen molar-refractivity contribution in [1.82, 2.24) is 4.90 Å². The summed E-state index contributed by atoms with van der Waals surface area (Å²) < 4.78 is 0. The van der Waals surface area contributed by atoms with Crippen molar-refractivity contribution in [2.75, 3.05) is 6.54 Å². The van der Waals surface area contributed by atoms with Crippen molar-refractivity contribution in [1.29, 1.82) is 0 Å². The highest BCUT2D eigenvalue weighted by molar-refractivity contribution is 6.04. The van der Waals surface area contributed by atoms with Crippen LogP contribution in [0.25, 0.3) is 0 Å². The van der Waals surface area contributed by atoms with Gasteiger partial charge in [-0.25, -0.2) is 0 Å². The molecule has 1 heterocycles. The van der Waals surface area contributed by atoms with Gasteiger partial charge in [-0.15, -0.1) is 0 Å². The molecule has 0 aromatic carbocycles. The lowest BCUT2D eigenvalue weighted by atomic mass is 9.88. The van der Waals surface area contributed by atoms with E-state index in [-0.39, 0.29) is 11.8 Å². The van der Waals surface area contributed by atoms with E-state index in [1.54, 1.807) is 0 Å². The minimum atomic E-state index is -0.681. The third-order valence-corrected chi connectivity index (χ3v) is 4.71. The summed E-state index contributed by atoms with van der Waals surface area (Å²) in [5.74, 6) is 0.186. The first kappa shape index (κ1) is 14.5. The van der Waals surface area contributed by atoms with Crippen LogP contribution < -0.4 is 5.73 Å². The molecule has 1 aliphatic heterocycles. The van der Waals surface area contributed by atoms with Crippen molar-refractivity contribution in [2.24, 2.45) is 11.7 Å². The highest BCUT2D eigenvalue weighted by Crippen LogP contribution is 2.28. The van der Waals surface area contributed by atoms with Crippen LogP contribution in [0.2, 0.25) is 0 Å². The first-order chi connectivity index (χ1) is 9.09. The molecule has 0 bridgehead atoms. The van der Waals surface area contributed by atoms with Crippen LogP contribution in [-0.2, 0) is 9.59 Å². The molecule has 0 aromatic heterocycles. The minimum Gasteiger partial charge on any atom is -0.368 e. The van der Waals surface area contributed by atoms with Gasteiger partial charge in [-0.05, 0) is 38.5 Å².